The number of amides is 1. The van der Waals surface area contributed by atoms with Gasteiger partial charge in [0.25, 0.3) is 0 Å². The molecule has 82 valence electrons. The number of halogens is 1. The molecule has 2 N–H and O–H groups in total. The second-order valence-electron chi connectivity index (χ2n) is 3.72. The van der Waals surface area contributed by atoms with Crippen LogP contribution in [0.1, 0.15) is 27.7 Å². The molecule has 0 saturated carbocycles. The number of hydrogen-bond acceptors (Lipinski definition) is 2. The van der Waals surface area contributed by atoms with Gasteiger partial charge >= 0.3 is 0 Å². The first-order chi connectivity index (χ1) is 6.47. The van der Waals surface area contributed by atoms with Gasteiger partial charge in [-0.2, -0.15) is 0 Å². The summed E-state index contributed by atoms with van der Waals surface area (Å²) in [5, 5.41) is 5.90. The third-order valence-corrected chi connectivity index (χ3v) is 2.07. The van der Waals surface area contributed by atoms with Gasteiger partial charge in [0.15, 0.2) is 0 Å². The van der Waals surface area contributed by atoms with Crippen molar-refractivity contribution in [2.24, 2.45) is 0 Å². The average molecular weight is 219 g/mol. The Kier molecular flexibility index (Phi) is 6.58. The standard InChI is InChI=1S/C10H19ClN2O/c1-7(2)13-10(14)9(4)12-6-8(3)5-11/h5,7,9,12H,6H2,1-4H3,(H,13,14). The molecule has 0 aliphatic rings. The summed E-state index contributed by atoms with van der Waals surface area (Å²) in [5.41, 5.74) is 2.52. The molecule has 0 heterocycles. The molecule has 0 aromatic heterocycles. The van der Waals surface area contributed by atoms with Crippen molar-refractivity contribution >= 4 is 17.5 Å². The molecule has 0 rings (SSSR count). The molecule has 0 radical (unpaired) electrons. The lowest BCUT2D eigenvalue weighted by Crippen LogP contribution is -2.45. The predicted octanol–water partition coefficient (Wildman–Crippen LogP) is 1.63. The van der Waals surface area contributed by atoms with Crippen LogP contribution < -0.4 is 10.6 Å². The van der Waals surface area contributed by atoms with E-state index in [2.05, 4.69) is 10.6 Å². The Labute approximate surface area is 90.9 Å². The lowest BCUT2D eigenvalue weighted by molar-refractivity contribution is -0.123. The predicted molar refractivity (Wildman–Crippen MR) is 60.4 cm³/mol. The van der Waals surface area contributed by atoms with Crippen LogP contribution in [0.25, 0.3) is 0 Å². The van der Waals surface area contributed by atoms with Gasteiger partial charge in [0.05, 0.1) is 6.04 Å². The first kappa shape index (κ1) is 13.5. The van der Waals surface area contributed by atoms with Gasteiger partial charge in [-0.15, -0.1) is 0 Å². The second-order valence-corrected chi connectivity index (χ2v) is 3.94. The summed E-state index contributed by atoms with van der Waals surface area (Å²) in [6.07, 6.45) is 0. The molecule has 1 unspecified atom stereocenters. The van der Waals surface area contributed by atoms with E-state index >= 15 is 0 Å². The normalized spacial score (nSPS) is 14.3. The molecule has 4 heteroatoms. The Morgan fingerprint density at radius 2 is 2.00 bits per heavy atom. The molecular weight excluding hydrogens is 200 g/mol. The van der Waals surface area contributed by atoms with Crippen LogP contribution in [0, 0.1) is 0 Å². The molecule has 0 spiro atoms. The van der Waals surface area contributed by atoms with Gasteiger partial charge in [0, 0.05) is 18.1 Å². The van der Waals surface area contributed by atoms with E-state index in [1.807, 2.05) is 27.7 Å². The Balaban J connectivity index is 3.84. The van der Waals surface area contributed by atoms with Crippen molar-refractivity contribution in [1.82, 2.24) is 10.6 Å². The maximum atomic E-state index is 11.4. The third kappa shape index (κ3) is 6.00. The minimum absolute atomic E-state index is 0.0161. The average Bonchev–Trinajstić information content (AvgIpc) is 2.12. The van der Waals surface area contributed by atoms with Gasteiger partial charge in [0.2, 0.25) is 5.91 Å². The maximum absolute atomic E-state index is 11.4. The highest BCUT2D eigenvalue weighted by atomic mass is 35.5. The quantitative estimate of drug-likeness (QED) is 0.737. The lowest BCUT2D eigenvalue weighted by Gasteiger charge is -2.15. The van der Waals surface area contributed by atoms with E-state index < -0.39 is 0 Å². The van der Waals surface area contributed by atoms with Gasteiger partial charge in [-0.25, -0.2) is 0 Å². The van der Waals surface area contributed by atoms with Crippen LogP contribution in [0.3, 0.4) is 0 Å². The van der Waals surface area contributed by atoms with Crippen LogP contribution in [-0.2, 0) is 4.79 Å². The van der Waals surface area contributed by atoms with Crippen LogP contribution >= 0.6 is 11.6 Å². The van der Waals surface area contributed by atoms with Gasteiger partial charge < -0.3 is 10.6 Å². The van der Waals surface area contributed by atoms with Crippen molar-refractivity contribution in [1.29, 1.82) is 0 Å². The minimum atomic E-state index is -0.191. The Hall–Kier alpha value is -0.540. The molecule has 0 aliphatic carbocycles. The van der Waals surface area contributed by atoms with Gasteiger partial charge in [-0.1, -0.05) is 11.6 Å². The van der Waals surface area contributed by atoms with E-state index in [-0.39, 0.29) is 18.0 Å². The van der Waals surface area contributed by atoms with Gasteiger partial charge in [0.1, 0.15) is 0 Å². The van der Waals surface area contributed by atoms with E-state index in [1.54, 1.807) is 0 Å². The third-order valence-electron chi connectivity index (χ3n) is 1.70. The van der Waals surface area contributed by atoms with Crippen LogP contribution in [0.2, 0.25) is 0 Å². The van der Waals surface area contributed by atoms with Crippen LogP contribution in [0.15, 0.2) is 11.1 Å². The van der Waals surface area contributed by atoms with Crippen molar-refractivity contribution in [2.75, 3.05) is 6.54 Å². The molecular formula is C10H19ClN2O. The fraction of sp³-hybridized carbons (Fsp3) is 0.700. The Morgan fingerprint density at radius 3 is 2.43 bits per heavy atom. The second kappa shape index (κ2) is 6.85. The fourth-order valence-electron chi connectivity index (χ4n) is 0.855. The number of nitrogens with one attached hydrogen (secondary N) is 2. The van der Waals surface area contributed by atoms with E-state index in [0.717, 1.165) is 5.57 Å². The van der Waals surface area contributed by atoms with E-state index in [0.29, 0.717) is 6.54 Å². The summed E-state index contributed by atoms with van der Waals surface area (Å²) in [4.78, 5) is 11.4. The summed E-state index contributed by atoms with van der Waals surface area (Å²) in [6.45, 7) is 8.26. The number of hydrogen-bond donors (Lipinski definition) is 2. The van der Waals surface area contributed by atoms with E-state index in [1.165, 1.54) is 5.54 Å². The summed E-state index contributed by atoms with van der Waals surface area (Å²) >= 11 is 5.50. The topological polar surface area (TPSA) is 41.1 Å². The summed E-state index contributed by atoms with van der Waals surface area (Å²) in [6, 6.07) is -0.0135. The van der Waals surface area contributed by atoms with Crippen molar-refractivity contribution in [2.45, 2.75) is 39.8 Å². The van der Waals surface area contributed by atoms with Gasteiger partial charge in [-0.05, 0) is 33.3 Å². The van der Waals surface area contributed by atoms with Crippen molar-refractivity contribution in [3.05, 3.63) is 11.1 Å². The fourth-order valence-corrected chi connectivity index (χ4v) is 0.932. The molecule has 0 fully saturated rings. The van der Waals surface area contributed by atoms with Crippen LogP contribution in [0.4, 0.5) is 0 Å². The summed E-state index contributed by atoms with van der Waals surface area (Å²) in [5.74, 6) is 0.0161. The molecule has 1 atom stereocenters. The first-order valence-electron chi connectivity index (χ1n) is 4.77. The van der Waals surface area contributed by atoms with Crippen molar-refractivity contribution in [3.63, 3.8) is 0 Å². The summed E-state index contributed by atoms with van der Waals surface area (Å²) < 4.78 is 0. The minimum Gasteiger partial charge on any atom is -0.353 e. The Bertz CT molecular complexity index is 214. The zero-order valence-corrected chi connectivity index (χ0v) is 9.98. The molecule has 0 aliphatic heterocycles. The molecule has 0 aromatic rings. The lowest BCUT2D eigenvalue weighted by atomic mass is 10.2. The molecule has 0 bridgehead atoms. The number of carbonyl (C=O) groups is 1. The van der Waals surface area contributed by atoms with Crippen molar-refractivity contribution in [3.8, 4) is 0 Å². The van der Waals surface area contributed by atoms with Crippen LogP contribution in [0.5, 0.6) is 0 Å². The molecule has 0 saturated heterocycles. The monoisotopic (exact) mass is 218 g/mol. The highest BCUT2D eigenvalue weighted by Gasteiger charge is 2.12. The SMILES string of the molecule is CC(=CCl)CNC(C)C(=O)NC(C)C. The first-order valence-corrected chi connectivity index (χ1v) is 5.20. The zero-order chi connectivity index (χ0) is 11.1. The Morgan fingerprint density at radius 1 is 1.43 bits per heavy atom. The smallest absolute Gasteiger partial charge is 0.237 e. The number of rotatable bonds is 5. The van der Waals surface area contributed by atoms with Gasteiger partial charge in [-0.3, -0.25) is 4.79 Å². The molecule has 14 heavy (non-hydrogen) atoms. The highest BCUT2D eigenvalue weighted by molar-refractivity contribution is 6.25. The number of carbonyl (C=O) groups excluding carboxylic acids is 1. The maximum Gasteiger partial charge on any atom is 0.237 e. The van der Waals surface area contributed by atoms with E-state index in [4.69, 9.17) is 11.6 Å². The van der Waals surface area contributed by atoms with Crippen molar-refractivity contribution < 1.29 is 4.79 Å². The largest absolute Gasteiger partial charge is 0.353 e. The molecule has 0 aromatic carbocycles. The van der Waals surface area contributed by atoms with E-state index in [9.17, 15) is 4.79 Å². The zero-order valence-electron chi connectivity index (χ0n) is 9.23. The molecule has 1 amide bonds. The highest BCUT2D eigenvalue weighted by Crippen LogP contribution is 1.94. The van der Waals surface area contributed by atoms with Crippen LogP contribution in [-0.4, -0.2) is 24.5 Å². The molecule has 3 nitrogen and oxygen atoms in total. The summed E-state index contributed by atoms with van der Waals surface area (Å²) in [7, 11) is 0.